The number of aromatic nitrogens is 2. The summed E-state index contributed by atoms with van der Waals surface area (Å²) in [6.45, 7) is 7.41. The second-order valence-electron chi connectivity index (χ2n) is 4.23. The van der Waals surface area contributed by atoms with Crippen LogP contribution in [0.2, 0.25) is 0 Å². The normalized spacial score (nSPS) is 12.6. The number of ether oxygens (including phenoxy) is 1. The van der Waals surface area contributed by atoms with Gasteiger partial charge in [-0.25, -0.2) is 4.98 Å². The van der Waals surface area contributed by atoms with Gasteiger partial charge in [0, 0.05) is 18.0 Å². The van der Waals surface area contributed by atoms with E-state index in [-0.39, 0.29) is 6.04 Å². The third-order valence-corrected chi connectivity index (χ3v) is 4.11. The van der Waals surface area contributed by atoms with Crippen molar-refractivity contribution in [1.82, 2.24) is 9.36 Å². The first kappa shape index (κ1) is 14.2. The molecule has 1 unspecified atom stereocenters. The van der Waals surface area contributed by atoms with Crippen LogP contribution in [-0.4, -0.2) is 28.6 Å². The van der Waals surface area contributed by atoms with E-state index in [0.29, 0.717) is 12.4 Å². The van der Waals surface area contributed by atoms with Gasteiger partial charge in [0.2, 0.25) is 0 Å². The number of nitrogens with one attached hydrogen (secondary N) is 1. The summed E-state index contributed by atoms with van der Waals surface area (Å²) in [4.78, 5) is 4.48. The Hall–Kier alpha value is -1.18. The average Bonchev–Trinajstić information content (AvgIpc) is 2.93. The molecule has 0 fully saturated rings. The number of nitrogen functional groups attached to an aromatic ring is 1. The molecule has 0 bridgehead atoms. The Labute approximate surface area is 121 Å². The molecule has 7 heteroatoms. The number of rotatable bonds is 6. The SMILES string of the molecule is CCOCC(C)Nc1snc(N)c1-c1csc(C)n1. The summed E-state index contributed by atoms with van der Waals surface area (Å²) in [5, 5.41) is 7.37. The molecule has 0 aliphatic rings. The molecule has 1 atom stereocenters. The first-order chi connectivity index (χ1) is 9.11. The maximum atomic E-state index is 5.95. The Morgan fingerprint density at radius 2 is 2.32 bits per heavy atom. The fourth-order valence-corrected chi connectivity index (χ4v) is 3.13. The van der Waals surface area contributed by atoms with Crippen LogP contribution in [0.15, 0.2) is 5.38 Å². The van der Waals surface area contributed by atoms with Crippen LogP contribution in [0.4, 0.5) is 10.8 Å². The molecular weight excluding hydrogens is 280 g/mol. The van der Waals surface area contributed by atoms with E-state index in [0.717, 1.165) is 27.9 Å². The Morgan fingerprint density at radius 1 is 1.53 bits per heavy atom. The molecule has 5 nitrogen and oxygen atoms in total. The van der Waals surface area contributed by atoms with E-state index in [9.17, 15) is 0 Å². The zero-order valence-corrected chi connectivity index (χ0v) is 12.9. The average molecular weight is 298 g/mol. The number of hydrogen-bond donors (Lipinski definition) is 2. The van der Waals surface area contributed by atoms with Crippen LogP contribution < -0.4 is 11.1 Å². The standard InChI is InChI=1S/C12H18N4OS2/c1-4-17-5-7(2)14-12-10(11(13)16-19-12)9-6-18-8(3)15-9/h6-7,14H,4-5H2,1-3H3,(H2,13,16). The van der Waals surface area contributed by atoms with Crippen molar-refractivity contribution in [2.75, 3.05) is 24.3 Å². The lowest BCUT2D eigenvalue weighted by atomic mass is 10.2. The minimum Gasteiger partial charge on any atom is -0.382 e. The lowest BCUT2D eigenvalue weighted by Gasteiger charge is -2.14. The zero-order chi connectivity index (χ0) is 13.8. The van der Waals surface area contributed by atoms with Crippen molar-refractivity contribution in [3.8, 4) is 11.3 Å². The van der Waals surface area contributed by atoms with E-state index in [1.165, 1.54) is 11.5 Å². The van der Waals surface area contributed by atoms with Crippen LogP contribution in [0.25, 0.3) is 11.3 Å². The lowest BCUT2D eigenvalue weighted by molar-refractivity contribution is 0.141. The Balaban J connectivity index is 2.18. The lowest BCUT2D eigenvalue weighted by Crippen LogP contribution is -2.21. The Bertz CT molecular complexity index is 538. The van der Waals surface area contributed by atoms with Gasteiger partial charge in [-0.3, -0.25) is 0 Å². The van der Waals surface area contributed by atoms with Crippen LogP contribution in [-0.2, 0) is 4.74 Å². The molecular formula is C12H18N4OS2. The van der Waals surface area contributed by atoms with Crippen LogP contribution >= 0.6 is 22.9 Å². The summed E-state index contributed by atoms with van der Waals surface area (Å²) in [6, 6.07) is 0.207. The summed E-state index contributed by atoms with van der Waals surface area (Å²) in [6.07, 6.45) is 0. The highest BCUT2D eigenvalue weighted by molar-refractivity contribution is 7.11. The van der Waals surface area contributed by atoms with Gasteiger partial charge >= 0.3 is 0 Å². The van der Waals surface area contributed by atoms with E-state index >= 15 is 0 Å². The predicted molar refractivity (Wildman–Crippen MR) is 81.9 cm³/mol. The van der Waals surface area contributed by atoms with E-state index < -0.39 is 0 Å². The molecule has 2 heterocycles. The fraction of sp³-hybridized carbons (Fsp3) is 0.500. The molecule has 2 aromatic rings. The van der Waals surface area contributed by atoms with Gasteiger partial charge in [-0.1, -0.05) is 0 Å². The molecule has 0 spiro atoms. The fourth-order valence-electron chi connectivity index (χ4n) is 1.69. The van der Waals surface area contributed by atoms with Crippen molar-refractivity contribution in [3.05, 3.63) is 10.4 Å². The summed E-state index contributed by atoms with van der Waals surface area (Å²) in [7, 11) is 0. The van der Waals surface area contributed by atoms with Crippen molar-refractivity contribution in [2.45, 2.75) is 26.8 Å². The Morgan fingerprint density at radius 3 is 2.95 bits per heavy atom. The number of aryl methyl sites for hydroxylation is 1. The minimum atomic E-state index is 0.207. The number of anilines is 2. The highest BCUT2D eigenvalue weighted by Gasteiger charge is 2.17. The van der Waals surface area contributed by atoms with Gasteiger partial charge < -0.3 is 15.8 Å². The van der Waals surface area contributed by atoms with Crippen molar-refractivity contribution >= 4 is 33.7 Å². The maximum Gasteiger partial charge on any atom is 0.148 e. The van der Waals surface area contributed by atoms with Crippen LogP contribution in [0.1, 0.15) is 18.9 Å². The predicted octanol–water partition coefficient (Wildman–Crippen LogP) is 2.99. The molecule has 0 saturated heterocycles. The molecule has 0 aromatic carbocycles. The van der Waals surface area contributed by atoms with Crippen LogP contribution in [0, 0.1) is 6.92 Å². The van der Waals surface area contributed by atoms with Gasteiger partial charge in [0.1, 0.15) is 10.8 Å². The van der Waals surface area contributed by atoms with Gasteiger partial charge in [0.05, 0.1) is 22.9 Å². The van der Waals surface area contributed by atoms with Gasteiger partial charge in [-0.05, 0) is 32.3 Å². The molecule has 0 amide bonds. The van der Waals surface area contributed by atoms with Gasteiger partial charge in [-0.2, -0.15) is 4.37 Å². The largest absolute Gasteiger partial charge is 0.382 e. The molecule has 0 aliphatic heterocycles. The van der Waals surface area contributed by atoms with E-state index in [2.05, 4.69) is 21.6 Å². The third-order valence-electron chi connectivity index (χ3n) is 2.54. The summed E-state index contributed by atoms with van der Waals surface area (Å²) in [5.74, 6) is 0.529. The molecule has 2 aromatic heterocycles. The quantitative estimate of drug-likeness (QED) is 0.857. The molecule has 0 aliphatic carbocycles. The van der Waals surface area contributed by atoms with E-state index in [1.54, 1.807) is 11.3 Å². The van der Waals surface area contributed by atoms with Gasteiger partial charge in [-0.15, -0.1) is 11.3 Å². The zero-order valence-electron chi connectivity index (χ0n) is 11.3. The third kappa shape index (κ3) is 3.43. The van der Waals surface area contributed by atoms with Crippen LogP contribution in [0.5, 0.6) is 0 Å². The second kappa shape index (κ2) is 6.31. The highest BCUT2D eigenvalue weighted by Crippen LogP contribution is 2.37. The van der Waals surface area contributed by atoms with E-state index in [4.69, 9.17) is 10.5 Å². The number of nitrogens with zero attached hydrogens (tertiary/aromatic N) is 2. The monoisotopic (exact) mass is 298 g/mol. The molecule has 3 N–H and O–H groups in total. The minimum absolute atomic E-state index is 0.207. The first-order valence-electron chi connectivity index (χ1n) is 6.13. The van der Waals surface area contributed by atoms with Crippen molar-refractivity contribution < 1.29 is 4.74 Å². The summed E-state index contributed by atoms with van der Waals surface area (Å²) < 4.78 is 9.62. The number of nitrogens with two attached hydrogens (primary N) is 1. The highest BCUT2D eigenvalue weighted by atomic mass is 32.1. The molecule has 19 heavy (non-hydrogen) atoms. The summed E-state index contributed by atoms with van der Waals surface area (Å²) >= 11 is 2.98. The smallest absolute Gasteiger partial charge is 0.148 e. The number of hydrogen-bond acceptors (Lipinski definition) is 7. The number of thiazole rings is 1. The van der Waals surface area contributed by atoms with Crippen molar-refractivity contribution in [3.63, 3.8) is 0 Å². The second-order valence-corrected chi connectivity index (χ2v) is 6.06. The molecule has 0 saturated carbocycles. The topological polar surface area (TPSA) is 73.1 Å². The maximum absolute atomic E-state index is 5.95. The van der Waals surface area contributed by atoms with Crippen LogP contribution in [0.3, 0.4) is 0 Å². The van der Waals surface area contributed by atoms with Gasteiger partial charge in [0.15, 0.2) is 0 Å². The molecule has 104 valence electrons. The summed E-state index contributed by atoms with van der Waals surface area (Å²) in [5.41, 5.74) is 7.74. The first-order valence-corrected chi connectivity index (χ1v) is 7.79. The van der Waals surface area contributed by atoms with Crippen molar-refractivity contribution in [1.29, 1.82) is 0 Å². The molecule has 0 radical (unpaired) electrons. The van der Waals surface area contributed by atoms with Gasteiger partial charge in [0.25, 0.3) is 0 Å². The molecule has 2 rings (SSSR count). The van der Waals surface area contributed by atoms with Crippen molar-refractivity contribution in [2.24, 2.45) is 0 Å². The Kier molecular flexibility index (Phi) is 4.73. The van der Waals surface area contributed by atoms with E-state index in [1.807, 2.05) is 19.2 Å².